The van der Waals surface area contributed by atoms with Crippen molar-refractivity contribution in [3.05, 3.63) is 50.2 Å². The first kappa shape index (κ1) is 12.6. The number of hydrogen-bond donors (Lipinski definition) is 2. The van der Waals surface area contributed by atoms with Crippen LogP contribution in [0.2, 0.25) is 0 Å². The van der Waals surface area contributed by atoms with Gasteiger partial charge in [0.15, 0.2) is 0 Å². The number of nitrogens with zero attached hydrogens (tertiary/aromatic N) is 2. The zero-order chi connectivity index (χ0) is 13.1. The largest absolute Gasteiger partial charge is 0.325 e. The molecule has 0 amide bonds. The van der Waals surface area contributed by atoms with Gasteiger partial charge in [-0.1, -0.05) is 11.8 Å². The van der Waals surface area contributed by atoms with Crippen molar-refractivity contribution in [1.29, 1.82) is 0 Å². The first-order valence-electron chi connectivity index (χ1n) is 5.30. The lowest BCUT2D eigenvalue weighted by Crippen LogP contribution is -2.22. The molecule has 0 aliphatic heterocycles. The topological polar surface area (TPSA) is 91.5 Å². The lowest BCUT2D eigenvalue weighted by atomic mass is 10.4. The highest BCUT2D eigenvalue weighted by molar-refractivity contribution is 7.98. The van der Waals surface area contributed by atoms with Crippen LogP contribution < -0.4 is 11.2 Å². The monoisotopic (exact) mass is 264 g/mol. The molecule has 0 aliphatic carbocycles. The van der Waals surface area contributed by atoms with E-state index in [1.807, 2.05) is 19.9 Å². The average molecular weight is 264 g/mol. The van der Waals surface area contributed by atoms with Gasteiger partial charge >= 0.3 is 5.69 Å². The Morgan fingerprint density at radius 3 is 2.61 bits per heavy atom. The lowest BCUT2D eigenvalue weighted by molar-refractivity contribution is 0.933. The molecule has 0 fully saturated rings. The molecule has 7 heteroatoms. The minimum absolute atomic E-state index is 0.399. The van der Waals surface area contributed by atoms with Crippen molar-refractivity contribution in [2.75, 3.05) is 0 Å². The van der Waals surface area contributed by atoms with Crippen LogP contribution in [-0.4, -0.2) is 19.9 Å². The van der Waals surface area contributed by atoms with E-state index < -0.39 is 11.2 Å². The smallest absolute Gasteiger partial charge is 0.310 e. The summed E-state index contributed by atoms with van der Waals surface area (Å²) in [5.41, 5.74) is 0.574. The van der Waals surface area contributed by atoms with E-state index in [-0.39, 0.29) is 0 Å². The number of thioether (sulfide) groups is 1. The summed E-state index contributed by atoms with van der Waals surface area (Å²) in [5.74, 6) is 1.19. The fourth-order valence-electron chi connectivity index (χ4n) is 1.51. The van der Waals surface area contributed by atoms with E-state index in [1.165, 1.54) is 17.8 Å². The molecule has 0 atom stereocenters. The van der Waals surface area contributed by atoms with Gasteiger partial charge in [0.25, 0.3) is 5.56 Å². The maximum Gasteiger partial charge on any atom is 0.325 e. The highest BCUT2D eigenvalue weighted by atomic mass is 32.2. The molecule has 2 rings (SSSR count). The number of hydrogen-bond acceptors (Lipinski definition) is 5. The molecule has 0 saturated heterocycles. The van der Waals surface area contributed by atoms with Gasteiger partial charge in [-0.2, -0.15) is 0 Å². The Morgan fingerprint density at radius 1 is 1.17 bits per heavy atom. The summed E-state index contributed by atoms with van der Waals surface area (Å²) in [4.78, 5) is 35.4. The van der Waals surface area contributed by atoms with Crippen molar-refractivity contribution in [2.24, 2.45) is 0 Å². The van der Waals surface area contributed by atoms with E-state index in [4.69, 9.17) is 0 Å². The van der Waals surface area contributed by atoms with Gasteiger partial charge in [-0.05, 0) is 19.9 Å². The van der Waals surface area contributed by atoms with Crippen molar-refractivity contribution in [1.82, 2.24) is 19.9 Å². The van der Waals surface area contributed by atoms with Crippen LogP contribution in [0.5, 0.6) is 0 Å². The molecule has 0 radical (unpaired) electrons. The summed E-state index contributed by atoms with van der Waals surface area (Å²) >= 11 is 1.45. The zero-order valence-electron chi connectivity index (χ0n) is 9.98. The Labute approximate surface area is 107 Å². The van der Waals surface area contributed by atoms with Crippen molar-refractivity contribution < 1.29 is 0 Å². The number of nitrogens with one attached hydrogen (secondary N) is 2. The minimum atomic E-state index is -0.492. The Kier molecular flexibility index (Phi) is 3.61. The third-order valence-electron chi connectivity index (χ3n) is 2.13. The van der Waals surface area contributed by atoms with Gasteiger partial charge in [0.1, 0.15) is 10.9 Å². The number of aromatic nitrogens is 4. The van der Waals surface area contributed by atoms with Gasteiger partial charge in [0.2, 0.25) is 0 Å². The Balaban J connectivity index is 2.16. The maximum atomic E-state index is 11.1. The normalized spacial score (nSPS) is 10.6. The standard InChI is InChI=1S/C11H12N4O2S/c1-6-3-10(13-7(2)12-6)18-5-8-4-9(16)15-11(17)14-8/h3-4H,5H2,1-2H3,(H2,14,15,16,17). The van der Waals surface area contributed by atoms with Gasteiger partial charge in [-0.25, -0.2) is 14.8 Å². The quantitative estimate of drug-likeness (QED) is 0.631. The highest BCUT2D eigenvalue weighted by Gasteiger charge is 2.02. The summed E-state index contributed by atoms with van der Waals surface area (Å²) in [6, 6.07) is 3.23. The molecule has 18 heavy (non-hydrogen) atoms. The van der Waals surface area contributed by atoms with E-state index in [0.29, 0.717) is 17.3 Å². The van der Waals surface area contributed by atoms with Crippen LogP contribution in [0.1, 0.15) is 17.2 Å². The molecule has 94 valence electrons. The summed E-state index contributed by atoms with van der Waals surface area (Å²) in [6.07, 6.45) is 0. The molecule has 0 aromatic carbocycles. The van der Waals surface area contributed by atoms with E-state index in [2.05, 4.69) is 19.9 Å². The fraction of sp³-hybridized carbons (Fsp3) is 0.273. The molecular formula is C11H12N4O2S. The third-order valence-corrected chi connectivity index (χ3v) is 3.09. The molecule has 2 N–H and O–H groups in total. The molecule has 0 saturated carbocycles. The van der Waals surface area contributed by atoms with Crippen LogP contribution >= 0.6 is 11.8 Å². The van der Waals surface area contributed by atoms with Gasteiger partial charge in [-0.3, -0.25) is 9.78 Å². The SMILES string of the molecule is Cc1cc(SCc2cc(=O)[nH]c(=O)[nH]2)nc(C)n1. The lowest BCUT2D eigenvalue weighted by Gasteiger charge is -2.03. The summed E-state index contributed by atoms with van der Waals surface area (Å²) in [5, 5.41) is 0.820. The van der Waals surface area contributed by atoms with Crippen LogP contribution in [0, 0.1) is 13.8 Å². The minimum Gasteiger partial charge on any atom is -0.310 e. The van der Waals surface area contributed by atoms with Crippen LogP contribution in [0.4, 0.5) is 0 Å². The fourth-order valence-corrected chi connectivity index (χ4v) is 2.42. The number of aryl methyl sites for hydroxylation is 2. The molecule has 2 aromatic rings. The molecule has 0 unspecified atom stereocenters. The van der Waals surface area contributed by atoms with E-state index in [9.17, 15) is 9.59 Å². The number of H-pyrrole nitrogens is 2. The molecule has 6 nitrogen and oxygen atoms in total. The predicted molar refractivity (Wildman–Crippen MR) is 68.8 cm³/mol. The molecular weight excluding hydrogens is 252 g/mol. The number of rotatable bonds is 3. The van der Waals surface area contributed by atoms with Crippen molar-refractivity contribution in [3.63, 3.8) is 0 Å². The van der Waals surface area contributed by atoms with Crippen molar-refractivity contribution in [3.8, 4) is 0 Å². The van der Waals surface area contributed by atoms with Gasteiger partial charge in [-0.15, -0.1) is 0 Å². The zero-order valence-corrected chi connectivity index (χ0v) is 10.8. The van der Waals surface area contributed by atoms with Crippen molar-refractivity contribution in [2.45, 2.75) is 24.6 Å². The second-order valence-corrected chi connectivity index (χ2v) is 4.79. The Bertz CT molecular complexity index is 629. The highest BCUT2D eigenvalue weighted by Crippen LogP contribution is 2.19. The van der Waals surface area contributed by atoms with Crippen LogP contribution in [-0.2, 0) is 5.75 Å². The van der Waals surface area contributed by atoms with Gasteiger partial charge < -0.3 is 4.98 Å². The molecule has 2 heterocycles. The second kappa shape index (κ2) is 5.18. The second-order valence-electron chi connectivity index (χ2n) is 3.80. The first-order chi connectivity index (χ1) is 8.52. The Morgan fingerprint density at radius 2 is 1.94 bits per heavy atom. The van der Waals surface area contributed by atoms with Crippen LogP contribution in [0.15, 0.2) is 26.7 Å². The molecule has 2 aromatic heterocycles. The summed E-state index contributed by atoms with van der Waals surface area (Å²) in [7, 11) is 0. The number of aromatic amines is 2. The summed E-state index contributed by atoms with van der Waals surface area (Å²) < 4.78 is 0. The molecule has 0 spiro atoms. The van der Waals surface area contributed by atoms with Crippen LogP contribution in [0.25, 0.3) is 0 Å². The molecule has 0 aliphatic rings. The maximum absolute atomic E-state index is 11.1. The summed E-state index contributed by atoms with van der Waals surface area (Å²) in [6.45, 7) is 3.72. The van der Waals surface area contributed by atoms with E-state index >= 15 is 0 Å². The Hall–Kier alpha value is -1.89. The predicted octanol–water partition coefficient (Wildman–Crippen LogP) is 0.762. The van der Waals surface area contributed by atoms with E-state index in [1.54, 1.807) is 0 Å². The van der Waals surface area contributed by atoms with Gasteiger partial charge in [0.05, 0.1) is 0 Å². The van der Waals surface area contributed by atoms with E-state index in [0.717, 1.165) is 10.7 Å². The van der Waals surface area contributed by atoms with Gasteiger partial charge in [0, 0.05) is 23.2 Å². The third kappa shape index (κ3) is 3.30. The van der Waals surface area contributed by atoms with Crippen LogP contribution in [0.3, 0.4) is 0 Å². The van der Waals surface area contributed by atoms with Crippen molar-refractivity contribution >= 4 is 11.8 Å². The first-order valence-corrected chi connectivity index (χ1v) is 6.29. The molecule has 0 bridgehead atoms. The average Bonchev–Trinajstić information content (AvgIpc) is 2.23.